The van der Waals surface area contributed by atoms with Crippen LogP contribution in [0.25, 0.3) is 10.9 Å². The smallest absolute Gasteiger partial charge is 0.279 e. The van der Waals surface area contributed by atoms with E-state index < -0.39 is 31.7 Å². The van der Waals surface area contributed by atoms with Crippen LogP contribution in [0.15, 0.2) is 71.8 Å². The van der Waals surface area contributed by atoms with Gasteiger partial charge in [-0.15, -0.1) is 0 Å². The first-order valence-electron chi connectivity index (χ1n) is 9.65. The van der Waals surface area contributed by atoms with Crippen LogP contribution in [-0.4, -0.2) is 13.4 Å². The van der Waals surface area contributed by atoms with Gasteiger partial charge < -0.3 is 0 Å². The molecule has 0 spiro atoms. The number of hydrogen-bond acceptors (Lipinski definition) is 3. The Labute approximate surface area is 208 Å². The number of fused-ring (bicyclic) bond motifs is 1. The van der Waals surface area contributed by atoms with Crippen molar-refractivity contribution in [1.82, 2.24) is 4.98 Å². The lowest BCUT2D eigenvalue weighted by atomic mass is 10.0. The summed E-state index contributed by atoms with van der Waals surface area (Å²) < 4.78 is 66.3. The maximum Gasteiger partial charge on any atom is 0.416 e. The van der Waals surface area contributed by atoms with Crippen LogP contribution in [0.1, 0.15) is 16.7 Å². The second-order valence-electron chi connectivity index (χ2n) is 7.38. The molecule has 0 saturated heterocycles. The zero-order valence-electron chi connectivity index (χ0n) is 17.0. The Bertz CT molecular complexity index is 1490. The Morgan fingerprint density at radius 3 is 2.21 bits per heavy atom. The van der Waals surface area contributed by atoms with Gasteiger partial charge in [0.1, 0.15) is 4.90 Å². The standard InChI is InChI=1S/C23H14Cl3F3N2O2S/c24-18-10-16(31-34(32,33)22-6-5-15(9-20(22)26)23(27,28)29)11-19(25)17(18)8-13-7-14-3-1-2-4-21(14)30-12-13/h1-7,9-12,31H,8H2. The number of halogens is 6. The number of anilines is 1. The summed E-state index contributed by atoms with van der Waals surface area (Å²) in [6.45, 7) is 0. The fraction of sp³-hybridized carbons (Fsp3) is 0.0870. The molecular formula is C23H14Cl3F3N2O2S. The minimum absolute atomic E-state index is 0.0337. The van der Waals surface area contributed by atoms with Gasteiger partial charge in [0.2, 0.25) is 0 Å². The van der Waals surface area contributed by atoms with Gasteiger partial charge in [-0.25, -0.2) is 8.42 Å². The summed E-state index contributed by atoms with van der Waals surface area (Å²) in [7, 11) is -4.31. The van der Waals surface area contributed by atoms with Gasteiger partial charge in [-0.3, -0.25) is 9.71 Å². The highest BCUT2D eigenvalue weighted by Crippen LogP contribution is 2.35. The lowest BCUT2D eigenvalue weighted by Crippen LogP contribution is -2.14. The number of hydrogen-bond donors (Lipinski definition) is 1. The molecule has 4 aromatic rings. The highest BCUT2D eigenvalue weighted by molar-refractivity contribution is 7.92. The summed E-state index contributed by atoms with van der Waals surface area (Å²) in [5.41, 5.74) is 1.24. The number of pyridine rings is 1. The molecule has 0 aliphatic rings. The van der Waals surface area contributed by atoms with E-state index in [1.807, 2.05) is 30.3 Å². The third kappa shape index (κ3) is 5.25. The zero-order valence-corrected chi connectivity index (χ0v) is 20.1. The van der Waals surface area contributed by atoms with Crippen molar-refractivity contribution in [2.45, 2.75) is 17.5 Å². The number of sulfonamides is 1. The predicted octanol–water partition coefficient (Wildman–Crippen LogP) is 7.61. The van der Waals surface area contributed by atoms with Crippen LogP contribution in [-0.2, 0) is 22.6 Å². The molecule has 0 saturated carbocycles. The highest BCUT2D eigenvalue weighted by atomic mass is 35.5. The molecule has 0 radical (unpaired) electrons. The molecule has 0 fully saturated rings. The number of alkyl halides is 3. The first kappa shape index (κ1) is 24.6. The van der Waals surface area contributed by atoms with Gasteiger partial charge in [-0.2, -0.15) is 13.2 Å². The number of rotatable bonds is 5. The SMILES string of the molecule is O=S(=O)(Nc1cc(Cl)c(Cc2cnc3ccccc3c2)c(Cl)c1)c1ccc(C(F)(F)F)cc1Cl. The summed E-state index contributed by atoms with van der Waals surface area (Å²) in [5, 5.41) is 0.790. The Morgan fingerprint density at radius 2 is 1.56 bits per heavy atom. The van der Waals surface area contributed by atoms with Crippen LogP contribution < -0.4 is 4.72 Å². The van der Waals surface area contributed by atoms with Gasteiger partial charge in [0.15, 0.2) is 0 Å². The average Bonchev–Trinajstić information content (AvgIpc) is 2.75. The highest BCUT2D eigenvalue weighted by Gasteiger charge is 2.32. The van der Waals surface area contributed by atoms with Crippen molar-refractivity contribution in [2.24, 2.45) is 0 Å². The Balaban J connectivity index is 1.60. The van der Waals surface area contributed by atoms with E-state index in [2.05, 4.69) is 9.71 Å². The van der Waals surface area contributed by atoms with E-state index in [4.69, 9.17) is 34.8 Å². The number of nitrogens with one attached hydrogen (secondary N) is 1. The van der Waals surface area contributed by atoms with Crippen molar-refractivity contribution < 1.29 is 21.6 Å². The summed E-state index contributed by atoms with van der Waals surface area (Å²) in [6, 6.07) is 14.3. The zero-order chi connectivity index (χ0) is 24.7. The van der Waals surface area contributed by atoms with Crippen molar-refractivity contribution in [1.29, 1.82) is 0 Å². The van der Waals surface area contributed by atoms with Crippen LogP contribution in [0.3, 0.4) is 0 Å². The number of para-hydroxylation sites is 1. The summed E-state index contributed by atoms with van der Waals surface area (Å²) in [4.78, 5) is 3.89. The number of benzene rings is 3. The second kappa shape index (κ2) is 9.26. The minimum atomic E-state index is -4.66. The molecule has 0 aliphatic carbocycles. The number of aromatic nitrogens is 1. The molecule has 1 aromatic heterocycles. The second-order valence-corrected chi connectivity index (χ2v) is 10.3. The van der Waals surface area contributed by atoms with Gasteiger partial charge in [-0.05, 0) is 53.6 Å². The molecule has 4 nitrogen and oxygen atoms in total. The van der Waals surface area contributed by atoms with Gasteiger partial charge in [-0.1, -0.05) is 53.0 Å². The van der Waals surface area contributed by atoms with Crippen molar-refractivity contribution >= 4 is 61.4 Å². The molecule has 4 rings (SSSR count). The van der Waals surface area contributed by atoms with Gasteiger partial charge >= 0.3 is 6.18 Å². The molecule has 0 bridgehead atoms. The molecule has 11 heteroatoms. The molecule has 0 amide bonds. The monoisotopic (exact) mass is 544 g/mol. The van der Waals surface area contributed by atoms with Crippen LogP contribution in [0.5, 0.6) is 0 Å². The Kier molecular flexibility index (Phi) is 6.70. The Hall–Kier alpha value is -2.52. The first-order valence-corrected chi connectivity index (χ1v) is 12.3. The third-order valence-electron chi connectivity index (χ3n) is 4.97. The van der Waals surface area contributed by atoms with Crippen LogP contribution >= 0.6 is 34.8 Å². The van der Waals surface area contributed by atoms with E-state index in [0.29, 0.717) is 24.1 Å². The van der Waals surface area contributed by atoms with Gasteiger partial charge in [0, 0.05) is 28.0 Å². The van der Waals surface area contributed by atoms with Crippen LogP contribution in [0.2, 0.25) is 15.1 Å². The lowest BCUT2D eigenvalue weighted by molar-refractivity contribution is -0.137. The fourth-order valence-electron chi connectivity index (χ4n) is 3.35. The van der Waals surface area contributed by atoms with Crippen molar-refractivity contribution in [3.05, 3.63) is 98.6 Å². The van der Waals surface area contributed by atoms with E-state index >= 15 is 0 Å². The molecule has 34 heavy (non-hydrogen) atoms. The van der Waals surface area contributed by atoms with E-state index in [0.717, 1.165) is 22.5 Å². The topological polar surface area (TPSA) is 59.1 Å². The van der Waals surface area contributed by atoms with Crippen molar-refractivity contribution in [2.75, 3.05) is 4.72 Å². The maximum atomic E-state index is 12.8. The van der Waals surface area contributed by atoms with E-state index in [1.165, 1.54) is 12.1 Å². The first-order chi connectivity index (χ1) is 15.9. The van der Waals surface area contributed by atoms with Gasteiger partial charge in [0.25, 0.3) is 10.0 Å². The summed E-state index contributed by atoms with van der Waals surface area (Å²) in [6.07, 6.45) is -2.59. The minimum Gasteiger partial charge on any atom is -0.279 e. The molecule has 0 aliphatic heterocycles. The molecule has 3 aromatic carbocycles. The van der Waals surface area contributed by atoms with Gasteiger partial charge in [0.05, 0.1) is 21.8 Å². The van der Waals surface area contributed by atoms with E-state index in [-0.39, 0.29) is 15.7 Å². The summed E-state index contributed by atoms with van der Waals surface area (Å²) in [5.74, 6) is 0. The quantitative estimate of drug-likeness (QED) is 0.281. The van der Waals surface area contributed by atoms with Crippen molar-refractivity contribution in [3.8, 4) is 0 Å². The molecule has 0 unspecified atom stereocenters. The predicted molar refractivity (Wildman–Crippen MR) is 128 cm³/mol. The molecular weight excluding hydrogens is 532 g/mol. The average molecular weight is 546 g/mol. The normalized spacial score (nSPS) is 12.2. The lowest BCUT2D eigenvalue weighted by Gasteiger charge is -2.14. The number of nitrogens with zero attached hydrogens (tertiary/aromatic N) is 1. The Morgan fingerprint density at radius 1 is 0.882 bits per heavy atom. The maximum absolute atomic E-state index is 12.8. The summed E-state index contributed by atoms with van der Waals surface area (Å²) >= 11 is 18.6. The molecule has 0 atom stereocenters. The van der Waals surface area contributed by atoms with E-state index in [1.54, 1.807) is 6.20 Å². The van der Waals surface area contributed by atoms with Crippen molar-refractivity contribution in [3.63, 3.8) is 0 Å². The molecule has 1 heterocycles. The molecule has 1 N–H and O–H groups in total. The third-order valence-corrected chi connectivity index (χ3v) is 7.51. The van der Waals surface area contributed by atoms with E-state index in [9.17, 15) is 21.6 Å². The van der Waals surface area contributed by atoms with Crippen LogP contribution in [0.4, 0.5) is 18.9 Å². The van der Waals surface area contributed by atoms with Crippen LogP contribution in [0, 0.1) is 0 Å². The largest absolute Gasteiger partial charge is 0.416 e. The fourth-order valence-corrected chi connectivity index (χ4v) is 5.56. The molecule has 176 valence electrons.